The molecule has 0 heterocycles. The van der Waals surface area contributed by atoms with Crippen LogP contribution in [0, 0.1) is 0 Å². The lowest BCUT2D eigenvalue weighted by atomic mass is 9.93. The van der Waals surface area contributed by atoms with E-state index in [-0.39, 0.29) is 6.10 Å². The number of rotatable bonds is 6. The zero-order valence-corrected chi connectivity index (χ0v) is 16.6. The Balaban J connectivity index is 1.96. The Morgan fingerprint density at radius 2 is 1.81 bits per heavy atom. The molecule has 0 radical (unpaired) electrons. The average Bonchev–Trinajstić information content (AvgIpc) is 2.77. The van der Waals surface area contributed by atoms with Gasteiger partial charge in [0.15, 0.2) is 0 Å². The summed E-state index contributed by atoms with van der Waals surface area (Å²) in [6, 6.07) is 14.8. The highest BCUT2D eigenvalue weighted by molar-refractivity contribution is 7.88. The number of hydrogen-bond donors (Lipinski definition) is 0. The number of fused-ring (bicyclic) bond motifs is 2. The normalized spacial score (nSPS) is 16.8. The van der Waals surface area contributed by atoms with Crippen molar-refractivity contribution in [3.05, 3.63) is 70.3 Å². The van der Waals surface area contributed by atoms with Gasteiger partial charge in [0.25, 0.3) is 0 Å². The van der Waals surface area contributed by atoms with Crippen LogP contribution in [0.4, 0.5) is 0 Å². The molecule has 26 heavy (non-hydrogen) atoms. The Labute approximate surface area is 156 Å². The van der Waals surface area contributed by atoms with Crippen LogP contribution < -0.4 is 0 Å². The number of ether oxygens (including phenoxy) is 1. The summed E-state index contributed by atoms with van der Waals surface area (Å²) in [6.45, 7) is 3.17. The van der Waals surface area contributed by atoms with Crippen molar-refractivity contribution >= 4 is 10.0 Å². The van der Waals surface area contributed by atoms with Crippen molar-refractivity contribution in [2.24, 2.45) is 0 Å². The zero-order valence-electron chi connectivity index (χ0n) is 15.7. The van der Waals surface area contributed by atoms with Gasteiger partial charge in [-0.15, -0.1) is 0 Å². The van der Waals surface area contributed by atoms with Gasteiger partial charge in [-0.1, -0.05) is 42.5 Å². The third-order valence-electron chi connectivity index (χ3n) is 5.17. The summed E-state index contributed by atoms with van der Waals surface area (Å²) in [5.74, 6) is 0. The standard InChI is InChI=1S/C21H27NO3S/c1-4-25-21-19-10-6-5-8-16(19)12-13-18-17(9-7-11-20(18)21)14-15-22(2)26(3,23)24/h5-11,21H,4,12-15H2,1-3H3. The first-order valence-electron chi connectivity index (χ1n) is 9.13. The summed E-state index contributed by atoms with van der Waals surface area (Å²) in [5.41, 5.74) is 6.33. The molecule has 1 unspecified atom stereocenters. The molecule has 140 valence electrons. The number of nitrogens with zero attached hydrogens (tertiary/aromatic N) is 1. The van der Waals surface area contributed by atoms with Crippen LogP contribution >= 0.6 is 0 Å². The molecule has 0 aliphatic heterocycles. The zero-order chi connectivity index (χ0) is 18.7. The van der Waals surface area contributed by atoms with E-state index in [9.17, 15) is 8.42 Å². The van der Waals surface area contributed by atoms with Crippen LogP contribution in [-0.2, 0) is 34.0 Å². The van der Waals surface area contributed by atoms with E-state index in [0.717, 1.165) is 12.8 Å². The molecule has 3 rings (SSSR count). The van der Waals surface area contributed by atoms with Gasteiger partial charge in [0.05, 0.1) is 6.26 Å². The van der Waals surface area contributed by atoms with E-state index in [1.165, 1.54) is 38.4 Å². The lowest BCUT2D eigenvalue weighted by Crippen LogP contribution is -2.28. The second-order valence-corrected chi connectivity index (χ2v) is 8.94. The summed E-state index contributed by atoms with van der Waals surface area (Å²) < 4.78 is 30.9. The number of sulfonamides is 1. The molecule has 0 saturated carbocycles. The van der Waals surface area contributed by atoms with Gasteiger partial charge in [-0.25, -0.2) is 12.7 Å². The SMILES string of the molecule is CCOC1c2ccccc2CCc2c(CCN(C)S(C)(=O)=O)cccc21. The molecule has 0 fully saturated rings. The van der Waals surface area contributed by atoms with E-state index in [1.54, 1.807) is 7.05 Å². The maximum Gasteiger partial charge on any atom is 0.210 e. The Kier molecular flexibility index (Phi) is 5.80. The first-order chi connectivity index (χ1) is 12.4. The third-order valence-corrected chi connectivity index (χ3v) is 6.48. The van der Waals surface area contributed by atoms with Crippen molar-refractivity contribution in [1.82, 2.24) is 4.31 Å². The third kappa shape index (κ3) is 4.00. The minimum atomic E-state index is -3.16. The number of aryl methyl sites for hydroxylation is 1. The molecule has 5 heteroatoms. The monoisotopic (exact) mass is 373 g/mol. The Morgan fingerprint density at radius 3 is 2.54 bits per heavy atom. The summed E-state index contributed by atoms with van der Waals surface area (Å²) in [4.78, 5) is 0. The van der Waals surface area contributed by atoms with Gasteiger partial charge in [-0.2, -0.15) is 0 Å². The molecule has 0 bridgehead atoms. The second kappa shape index (κ2) is 7.91. The van der Waals surface area contributed by atoms with Crippen LogP contribution in [0.3, 0.4) is 0 Å². The molecule has 0 amide bonds. The van der Waals surface area contributed by atoms with Crippen molar-refractivity contribution in [1.29, 1.82) is 0 Å². The quantitative estimate of drug-likeness (QED) is 0.780. The molecule has 0 N–H and O–H groups in total. The van der Waals surface area contributed by atoms with Crippen molar-refractivity contribution in [3.63, 3.8) is 0 Å². The van der Waals surface area contributed by atoms with E-state index < -0.39 is 10.0 Å². The number of benzene rings is 2. The van der Waals surface area contributed by atoms with E-state index in [2.05, 4.69) is 42.5 Å². The van der Waals surface area contributed by atoms with Gasteiger partial charge in [0, 0.05) is 20.2 Å². The van der Waals surface area contributed by atoms with Crippen LogP contribution in [0.5, 0.6) is 0 Å². The lowest BCUT2D eigenvalue weighted by Gasteiger charge is -2.22. The maximum atomic E-state index is 11.7. The average molecular weight is 374 g/mol. The lowest BCUT2D eigenvalue weighted by molar-refractivity contribution is 0.0909. The van der Waals surface area contributed by atoms with Gasteiger partial charge in [-0.3, -0.25) is 0 Å². The van der Waals surface area contributed by atoms with Crippen LogP contribution in [0.15, 0.2) is 42.5 Å². The molecule has 4 nitrogen and oxygen atoms in total. The van der Waals surface area contributed by atoms with E-state index in [4.69, 9.17) is 4.74 Å². The molecule has 0 aromatic heterocycles. The van der Waals surface area contributed by atoms with Crippen LogP contribution in [0.25, 0.3) is 0 Å². The maximum absolute atomic E-state index is 11.7. The number of hydrogen-bond acceptors (Lipinski definition) is 3. The van der Waals surface area contributed by atoms with Crippen molar-refractivity contribution in [2.75, 3.05) is 26.5 Å². The van der Waals surface area contributed by atoms with E-state index >= 15 is 0 Å². The van der Waals surface area contributed by atoms with Crippen molar-refractivity contribution in [2.45, 2.75) is 32.3 Å². The molecule has 0 saturated heterocycles. The largest absolute Gasteiger partial charge is 0.369 e. The van der Waals surface area contributed by atoms with E-state index in [1.807, 2.05) is 6.92 Å². The van der Waals surface area contributed by atoms with Gasteiger partial charge in [0.1, 0.15) is 6.10 Å². The Hall–Kier alpha value is -1.69. The van der Waals surface area contributed by atoms with Crippen LogP contribution in [-0.4, -0.2) is 39.2 Å². The minimum Gasteiger partial charge on any atom is -0.369 e. The van der Waals surface area contributed by atoms with Crippen molar-refractivity contribution in [3.8, 4) is 0 Å². The van der Waals surface area contributed by atoms with Gasteiger partial charge >= 0.3 is 0 Å². The predicted molar refractivity (Wildman–Crippen MR) is 105 cm³/mol. The topological polar surface area (TPSA) is 46.6 Å². The highest BCUT2D eigenvalue weighted by atomic mass is 32.2. The smallest absolute Gasteiger partial charge is 0.210 e. The van der Waals surface area contributed by atoms with Crippen LogP contribution in [0.1, 0.15) is 40.8 Å². The minimum absolute atomic E-state index is 0.0544. The van der Waals surface area contributed by atoms with Gasteiger partial charge in [0.2, 0.25) is 10.0 Å². The molecule has 1 aliphatic rings. The highest BCUT2D eigenvalue weighted by Crippen LogP contribution is 2.36. The second-order valence-electron chi connectivity index (χ2n) is 6.85. The first-order valence-corrected chi connectivity index (χ1v) is 11.0. The number of likely N-dealkylation sites (N-methyl/N-ethyl adjacent to an activating group) is 1. The van der Waals surface area contributed by atoms with Crippen LogP contribution in [0.2, 0.25) is 0 Å². The molecule has 0 spiro atoms. The highest BCUT2D eigenvalue weighted by Gasteiger charge is 2.25. The summed E-state index contributed by atoms with van der Waals surface area (Å²) in [6.07, 6.45) is 3.84. The summed E-state index contributed by atoms with van der Waals surface area (Å²) in [7, 11) is -1.52. The molecular formula is C21H27NO3S. The molecule has 2 aromatic carbocycles. The predicted octanol–water partition coefficient (Wildman–Crippen LogP) is 3.35. The Bertz CT molecular complexity index is 877. The summed E-state index contributed by atoms with van der Waals surface area (Å²) in [5, 5.41) is 0. The van der Waals surface area contributed by atoms with Crippen molar-refractivity contribution < 1.29 is 13.2 Å². The van der Waals surface area contributed by atoms with E-state index in [0.29, 0.717) is 19.6 Å². The van der Waals surface area contributed by atoms with Gasteiger partial charge < -0.3 is 4.74 Å². The Morgan fingerprint density at radius 1 is 1.08 bits per heavy atom. The molecule has 1 atom stereocenters. The summed E-state index contributed by atoms with van der Waals surface area (Å²) >= 11 is 0. The first kappa shape index (κ1) is 19.1. The fourth-order valence-corrected chi connectivity index (χ4v) is 4.10. The fourth-order valence-electron chi connectivity index (χ4n) is 3.67. The molecular weight excluding hydrogens is 346 g/mol. The molecule has 1 aliphatic carbocycles. The van der Waals surface area contributed by atoms with Gasteiger partial charge in [-0.05, 0) is 54.0 Å². The fraction of sp³-hybridized carbons (Fsp3) is 0.429. The molecule has 2 aromatic rings.